The van der Waals surface area contributed by atoms with Crippen LogP contribution in [0.3, 0.4) is 0 Å². The first-order chi connectivity index (χ1) is 12.6. The van der Waals surface area contributed by atoms with Crippen LogP contribution in [0.25, 0.3) is 11.3 Å². The highest BCUT2D eigenvalue weighted by atomic mass is 32.1. The van der Waals surface area contributed by atoms with Gasteiger partial charge >= 0.3 is 0 Å². The number of carbonyl (C=O) groups is 1. The smallest absolute Gasteiger partial charge is 0.289 e. The molecule has 7 heteroatoms. The highest BCUT2D eigenvalue weighted by Gasteiger charge is 2.25. The molecule has 3 heterocycles. The Kier molecular flexibility index (Phi) is 4.46. The van der Waals surface area contributed by atoms with Crippen LogP contribution in [0.5, 0.6) is 0 Å². The molecule has 0 unspecified atom stereocenters. The van der Waals surface area contributed by atoms with Crippen LogP contribution < -0.4 is 4.90 Å². The van der Waals surface area contributed by atoms with Crippen LogP contribution in [0.4, 0.5) is 9.52 Å². The van der Waals surface area contributed by atoms with E-state index in [2.05, 4.69) is 9.88 Å². The first-order valence-corrected chi connectivity index (χ1v) is 9.30. The second-order valence-corrected chi connectivity index (χ2v) is 7.05. The van der Waals surface area contributed by atoms with E-state index in [0.717, 1.165) is 35.2 Å². The fourth-order valence-corrected chi connectivity index (χ4v) is 3.86. The molecule has 0 saturated carbocycles. The quantitative estimate of drug-likeness (QED) is 0.702. The Hall–Kier alpha value is -2.67. The summed E-state index contributed by atoms with van der Waals surface area (Å²) in [6.45, 7) is 4.54. The molecule has 1 amide bonds. The number of amides is 1. The van der Waals surface area contributed by atoms with Crippen LogP contribution in [0.1, 0.15) is 16.3 Å². The molecular formula is C19H18FN3O2S. The van der Waals surface area contributed by atoms with Gasteiger partial charge in [-0.05, 0) is 43.3 Å². The normalized spacial score (nSPS) is 14.7. The van der Waals surface area contributed by atoms with E-state index in [9.17, 15) is 9.18 Å². The lowest BCUT2D eigenvalue weighted by molar-refractivity contribution is 0.0713. The molecule has 3 aromatic rings. The maximum atomic E-state index is 13.1. The molecule has 0 atom stereocenters. The van der Waals surface area contributed by atoms with Crippen molar-refractivity contribution in [1.82, 2.24) is 9.88 Å². The molecule has 0 radical (unpaired) electrons. The summed E-state index contributed by atoms with van der Waals surface area (Å²) in [5.41, 5.74) is 1.74. The van der Waals surface area contributed by atoms with E-state index in [1.807, 2.05) is 17.2 Å². The Balaban J connectivity index is 1.40. The summed E-state index contributed by atoms with van der Waals surface area (Å²) in [6, 6.07) is 9.87. The van der Waals surface area contributed by atoms with E-state index in [1.165, 1.54) is 12.1 Å². The van der Waals surface area contributed by atoms with Gasteiger partial charge in [0, 0.05) is 37.1 Å². The topological polar surface area (TPSA) is 49.6 Å². The van der Waals surface area contributed by atoms with Crippen molar-refractivity contribution < 1.29 is 13.6 Å². The zero-order valence-corrected chi connectivity index (χ0v) is 15.1. The van der Waals surface area contributed by atoms with E-state index < -0.39 is 0 Å². The number of rotatable bonds is 3. The van der Waals surface area contributed by atoms with E-state index in [-0.39, 0.29) is 11.7 Å². The van der Waals surface area contributed by atoms with E-state index in [4.69, 9.17) is 4.42 Å². The molecule has 4 rings (SSSR count). The number of benzene rings is 1. The SMILES string of the molecule is Cc1ccc(C(=O)N2CCN(c3nc(-c4ccc(F)cc4)cs3)CC2)o1. The zero-order chi connectivity index (χ0) is 18.1. The molecule has 1 fully saturated rings. The minimum atomic E-state index is -0.253. The third-order valence-electron chi connectivity index (χ3n) is 4.42. The second kappa shape index (κ2) is 6.92. The molecule has 1 aliphatic heterocycles. The Morgan fingerprint density at radius 2 is 1.85 bits per heavy atom. The number of carbonyl (C=O) groups excluding carboxylic acids is 1. The molecule has 0 N–H and O–H groups in total. The highest BCUT2D eigenvalue weighted by molar-refractivity contribution is 7.14. The molecule has 5 nitrogen and oxygen atoms in total. The van der Waals surface area contributed by atoms with Gasteiger partial charge in [-0.15, -0.1) is 11.3 Å². The molecule has 0 bridgehead atoms. The van der Waals surface area contributed by atoms with E-state index in [0.29, 0.717) is 18.8 Å². The molecule has 1 saturated heterocycles. The van der Waals surface area contributed by atoms with Gasteiger partial charge in [-0.1, -0.05) is 0 Å². The number of hydrogen-bond donors (Lipinski definition) is 0. The molecule has 1 aliphatic rings. The lowest BCUT2D eigenvalue weighted by Gasteiger charge is -2.34. The van der Waals surface area contributed by atoms with Crippen molar-refractivity contribution in [2.24, 2.45) is 0 Å². The number of nitrogens with zero attached hydrogens (tertiary/aromatic N) is 3. The number of aromatic nitrogens is 1. The maximum Gasteiger partial charge on any atom is 0.289 e. The number of furan rings is 1. The molecule has 134 valence electrons. The van der Waals surface area contributed by atoms with Gasteiger partial charge < -0.3 is 14.2 Å². The number of halogens is 1. The van der Waals surface area contributed by atoms with Gasteiger partial charge in [0.05, 0.1) is 5.69 Å². The van der Waals surface area contributed by atoms with Gasteiger partial charge in [-0.2, -0.15) is 0 Å². The third kappa shape index (κ3) is 3.35. The van der Waals surface area contributed by atoms with Crippen molar-refractivity contribution in [3.8, 4) is 11.3 Å². The average Bonchev–Trinajstić information content (AvgIpc) is 3.31. The Bertz CT molecular complexity index is 911. The zero-order valence-electron chi connectivity index (χ0n) is 14.3. The Morgan fingerprint density at radius 1 is 1.12 bits per heavy atom. The van der Waals surface area contributed by atoms with E-state index in [1.54, 1.807) is 35.6 Å². The van der Waals surface area contributed by atoms with Crippen molar-refractivity contribution in [3.05, 3.63) is 59.1 Å². The average molecular weight is 371 g/mol. The van der Waals surface area contributed by atoms with Gasteiger partial charge in [-0.25, -0.2) is 9.37 Å². The van der Waals surface area contributed by atoms with Gasteiger partial charge in [0.2, 0.25) is 0 Å². The number of hydrogen-bond acceptors (Lipinski definition) is 5. The van der Waals surface area contributed by atoms with Gasteiger partial charge in [-0.3, -0.25) is 4.79 Å². The van der Waals surface area contributed by atoms with Crippen LogP contribution in [0.15, 0.2) is 46.2 Å². The van der Waals surface area contributed by atoms with Gasteiger partial charge in [0.25, 0.3) is 5.91 Å². The van der Waals surface area contributed by atoms with Crippen LogP contribution in [-0.2, 0) is 0 Å². The first kappa shape index (κ1) is 16.8. The molecule has 26 heavy (non-hydrogen) atoms. The molecular weight excluding hydrogens is 353 g/mol. The van der Waals surface area contributed by atoms with Gasteiger partial charge in [0.1, 0.15) is 11.6 Å². The Morgan fingerprint density at radius 3 is 2.50 bits per heavy atom. The first-order valence-electron chi connectivity index (χ1n) is 8.42. The van der Waals surface area contributed by atoms with Crippen LogP contribution in [0.2, 0.25) is 0 Å². The van der Waals surface area contributed by atoms with Crippen LogP contribution >= 0.6 is 11.3 Å². The largest absolute Gasteiger partial charge is 0.456 e. The summed E-state index contributed by atoms with van der Waals surface area (Å²) in [7, 11) is 0. The number of piperazine rings is 1. The van der Waals surface area contributed by atoms with Crippen LogP contribution in [-0.4, -0.2) is 42.0 Å². The maximum absolute atomic E-state index is 13.1. The van der Waals surface area contributed by atoms with Crippen LogP contribution in [0, 0.1) is 12.7 Å². The lowest BCUT2D eigenvalue weighted by Crippen LogP contribution is -2.48. The predicted octanol–water partition coefficient (Wildman–Crippen LogP) is 3.81. The second-order valence-electron chi connectivity index (χ2n) is 6.21. The van der Waals surface area contributed by atoms with Crippen molar-refractivity contribution in [1.29, 1.82) is 0 Å². The van der Waals surface area contributed by atoms with Crippen molar-refractivity contribution in [2.45, 2.75) is 6.92 Å². The number of anilines is 1. The Labute approximate surface area is 154 Å². The monoisotopic (exact) mass is 371 g/mol. The minimum absolute atomic E-state index is 0.0658. The highest BCUT2D eigenvalue weighted by Crippen LogP contribution is 2.28. The van der Waals surface area contributed by atoms with Crippen molar-refractivity contribution in [3.63, 3.8) is 0 Å². The number of thiazole rings is 1. The standard InChI is InChI=1S/C19H18FN3O2S/c1-13-2-7-17(25-13)18(24)22-8-10-23(11-9-22)19-21-16(12-26-19)14-3-5-15(20)6-4-14/h2-7,12H,8-11H2,1H3. The lowest BCUT2D eigenvalue weighted by atomic mass is 10.2. The minimum Gasteiger partial charge on any atom is -0.456 e. The molecule has 0 aliphatic carbocycles. The predicted molar refractivity (Wildman–Crippen MR) is 99.1 cm³/mol. The summed E-state index contributed by atoms with van der Waals surface area (Å²) in [4.78, 5) is 21.1. The number of aryl methyl sites for hydroxylation is 1. The molecule has 2 aromatic heterocycles. The fourth-order valence-electron chi connectivity index (χ4n) is 2.97. The molecule has 1 aromatic carbocycles. The fraction of sp³-hybridized carbons (Fsp3) is 0.263. The van der Waals surface area contributed by atoms with Gasteiger partial charge in [0.15, 0.2) is 10.9 Å². The summed E-state index contributed by atoms with van der Waals surface area (Å²) in [5, 5.41) is 2.90. The third-order valence-corrected chi connectivity index (χ3v) is 5.32. The van der Waals surface area contributed by atoms with Crippen molar-refractivity contribution >= 4 is 22.4 Å². The summed E-state index contributed by atoms with van der Waals surface area (Å²) >= 11 is 1.56. The summed E-state index contributed by atoms with van der Waals surface area (Å²) in [6.07, 6.45) is 0. The van der Waals surface area contributed by atoms with E-state index >= 15 is 0 Å². The van der Waals surface area contributed by atoms with Crippen molar-refractivity contribution in [2.75, 3.05) is 31.1 Å². The summed E-state index contributed by atoms with van der Waals surface area (Å²) in [5.74, 6) is 0.813. The summed E-state index contributed by atoms with van der Waals surface area (Å²) < 4.78 is 18.5. The molecule has 0 spiro atoms.